The first-order valence-electron chi connectivity index (χ1n) is 48.9. The molecule has 20 rings (SSSR count). The van der Waals surface area contributed by atoms with E-state index in [1.165, 1.54) is 13.7 Å². The number of amides is 1. The van der Waals surface area contributed by atoms with Crippen molar-refractivity contribution in [1.82, 2.24) is 53.2 Å². The van der Waals surface area contributed by atoms with Crippen LogP contribution in [0.3, 0.4) is 0 Å². The minimum atomic E-state index is -2.64. The number of nitrogens with one attached hydrogen (secondary N) is 16. The Labute approximate surface area is 853 Å². The van der Waals surface area contributed by atoms with E-state index >= 15 is 0 Å². The van der Waals surface area contributed by atoms with E-state index in [2.05, 4.69) is 83.4 Å². The van der Waals surface area contributed by atoms with Crippen LogP contribution in [0, 0.1) is 20.8 Å². The number of halogens is 1. The number of benzene rings is 5. The smallest absolute Gasteiger partial charge is 0.412 e. The zero-order chi connectivity index (χ0) is 107. The Hall–Kier alpha value is -14.2. The van der Waals surface area contributed by atoms with E-state index < -0.39 is 191 Å². The van der Waals surface area contributed by atoms with Crippen LogP contribution in [-0.4, -0.2) is 371 Å². The summed E-state index contributed by atoms with van der Waals surface area (Å²) in [4.78, 5) is 78.8. The van der Waals surface area contributed by atoms with Gasteiger partial charge in [-0.2, -0.15) is 0 Å². The summed E-state index contributed by atoms with van der Waals surface area (Å²) in [5.41, 5.74) is 57.9. The molecule has 48 N–H and O–H groups in total. The number of carbonyl (C=O) groups excluding carboxylic acids is 5. The first kappa shape index (κ1) is 107. The van der Waals surface area contributed by atoms with Crippen LogP contribution in [0.1, 0.15) is 145 Å². The quantitative estimate of drug-likeness (QED) is 0.0120. The number of aryl methyl sites for hydroxylation is 3. The lowest BCUT2D eigenvalue weighted by Gasteiger charge is -2.40. The summed E-state index contributed by atoms with van der Waals surface area (Å²) >= 11 is 6.22. The summed E-state index contributed by atoms with van der Waals surface area (Å²) < 4.78 is 35.4. The highest BCUT2D eigenvalue weighted by Crippen LogP contribution is 2.50. The molecule has 148 heavy (non-hydrogen) atoms. The highest BCUT2D eigenvalue weighted by Gasteiger charge is 2.87. The van der Waals surface area contributed by atoms with Gasteiger partial charge in [0.15, 0.2) is 60.7 Å². The van der Waals surface area contributed by atoms with Gasteiger partial charge in [0.1, 0.15) is 60.4 Å². The summed E-state index contributed by atoms with van der Waals surface area (Å²) in [6, 6.07) is 28.8. The van der Waals surface area contributed by atoms with Gasteiger partial charge in [0.2, 0.25) is 0 Å². The number of nitrogens with two attached hydrogens (primary N) is 10. The van der Waals surface area contributed by atoms with Crippen LogP contribution in [-0.2, 0) is 23.7 Å². The van der Waals surface area contributed by atoms with Crippen LogP contribution in [0.4, 0.5) is 10.5 Å². The van der Waals surface area contributed by atoms with Gasteiger partial charge in [-0.15, -0.1) is 11.6 Å². The molecule has 0 aliphatic carbocycles. The zero-order valence-electron chi connectivity index (χ0n) is 82.9. The van der Waals surface area contributed by atoms with Crippen molar-refractivity contribution in [3.63, 3.8) is 0 Å². The molecule has 15 heterocycles. The fourth-order valence-electron chi connectivity index (χ4n) is 24.2. The highest BCUT2D eigenvalue weighted by molar-refractivity contribution is 6.18. The zero-order valence-corrected chi connectivity index (χ0v) is 83.7. The molecule has 0 aromatic heterocycles. The second kappa shape index (κ2) is 39.4. The molecule has 25 atom stereocenters. The second-order valence-corrected chi connectivity index (χ2v) is 39.7. The Kier molecular flexibility index (Phi) is 28.4. The molecular formula is C94H138ClN31O22+10. The molecule has 54 heteroatoms. The molecule has 5 aromatic carbocycles. The van der Waals surface area contributed by atoms with Gasteiger partial charge in [-0.05, 0) is 127 Å². The van der Waals surface area contributed by atoms with Gasteiger partial charge in [-0.1, -0.05) is 131 Å². The first-order chi connectivity index (χ1) is 70.0. The molecule has 15 aliphatic heterocycles. The third-order valence-electron chi connectivity index (χ3n) is 30.9. The minimum Gasteiger partial charge on any atom is -0.449 e. The van der Waals surface area contributed by atoms with Gasteiger partial charge in [0.05, 0.1) is 41.3 Å². The molecule has 0 bridgehead atoms. The molecule has 15 aliphatic rings. The predicted octanol–water partition coefficient (Wildman–Crippen LogP) is -19.8. The van der Waals surface area contributed by atoms with Crippen molar-refractivity contribution in [3.8, 4) is 0 Å². The molecule has 1 amide bonds. The Morgan fingerprint density at radius 2 is 0.568 bits per heavy atom. The van der Waals surface area contributed by atoms with Crippen molar-refractivity contribution in [2.45, 2.75) is 286 Å². The van der Waals surface area contributed by atoms with Gasteiger partial charge in [0, 0.05) is 5.69 Å². The molecule has 53 nitrogen and oxygen atoms in total. The fourth-order valence-corrected chi connectivity index (χ4v) is 24.5. The number of anilines is 1. The van der Waals surface area contributed by atoms with E-state index in [1.807, 2.05) is 68.4 Å². The fraction of sp³-hybridized carbons (Fsp3) is 0.521. The van der Waals surface area contributed by atoms with Crippen LogP contribution in [0.15, 0.2) is 133 Å². The molecular weight excluding hydrogens is 1950 g/mol. The maximum atomic E-state index is 12.8. The number of carbonyl (C=O) groups is 5. The molecule has 5 fully saturated rings. The standard InChI is InChI=1S/C19H25ClN6O4.2C19H26N6O5.C19H26N6O4.C18H25N7O4/c1-3-11-13-18(25-16(21)24-13)19(28,29)14(12(8-20)26(18)17(22)23-11)30-15(27)10-6-4-9(2)5-7-10;2*1-3-11-13-18(24-16(20)23-13)19(28,29)14(12(8-26)25(18)17(21)22-11)30-15(27)10-6-4-9(2)5-7-10;1-3-11-13-18(24-16(20)23-13)19(27,28)14(12(4-2)25(18)17(21)22-11)29-15(26)10-8-6-5-7-9-10;1-3-11-12-17(24-14(19)23-12)18(27,28)13(9(2)25(17)15(20)22-11)29-16(26)21-10-7-5-4-6-8-10/h4-7,11-14,28-29H,3,8H2,1-2H3,(H5,21,22,23,24,25);2*4-7,11-14,26,28-29H,3,8H2,1-2H3,(H5,20,21,22,23,24);5-9,11-14,27-28H,3-4H2,1-2H3,(H5,20,21,22,23,24);4-9,11-13,27-28H,3H2,1-2H3,(H6,19,20,21,22,23,24,26)/p+10/t11-,12-,13-,14-,18-;11-,12+,13-,14-,18-;11-,12-,13-,14-,18-;11-,12+,13-,14-,18-;9-,11-,12-,13-,17-/m00000/s1. The topological polar surface area (TPSA) is 852 Å². The molecule has 0 unspecified atom stereocenters. The van der Waals surface area contributed by atoms with Gasteiger partial charge in [-0.25, -0.2) is 73.4 Å². The summed E-state index contributed by atoms with van der Waals surface area (Å²) in [5.74, 6) is -14.0. The largest absolute Gasteiger partial charge is 0.449 e. The van der Waals surface area contributed by atoms with Crippen molar-refractivity contribution in [1.29, 1.82) is 0 Å². The molecule has 798 valence electrons. The van der Waals surface area contributed by atoms with E-state index in [9.17, 15) is 85.3 Å². The predicted molar refractivity (Wildman–Crippen MR) is 525 cm³/mol. The van der Waals surface area contributed by atoms with E-state index in [-0.39, 0.29) is 112 Å². The molecule has 5 spiro atoms. The van der Waals surface area contributed by atoms with E-state index in [0.717, 1.165) is 16.7 Å². The molecule has 0 radical (unpaired) electrons. The van der Waals surface area contributed by atoms with Gasteiger partial charge >= 0.3 is 118 Å². The lowest BCUT2D eigenvalue weighted by atomic mass is 9.85. The summed E-state index contributed by atoms with van der Waals surface area (Å²) in [6.07, 6.45) is -4.26. The average molecular weight is 2090 g/mol. The highest BCUT2D eigenvalue weighted by atomic mass is 35.5. The first-order valence-corrected chi connectivity index (χ1v) is 49.4. The lowest BCUT2D eigenvalue weighted by Crippen LogP contribution is -2.91. The van der Waals surface area contributed by atoms with Crippen LogP contribution < -0.4 is 141 Å². The second-order valence-electron chi connectivity index (χ2n) is 39.4. The SMILES string of the molecule is CC[C@@H]1NC(N)=[N+]2[C@@H](C)[C@H](OC(=O)Nc3ccccc3)C(O)(O)[C@@]23NC(N)=[NH+][C@@H]13.CC[C@@H]1NC(N)=[N+]2[C@@H](CCl)[C@H](OC(=O)c3ccc(C)cc3)C(O)(O)[C@@]23NC(N)=[NH+][C@@H]13.CC[C@@H]1NC(N)=[N+]2[C@@H](CO)[C@H](OC(=O)c3ccc(C)cc3)C(O)(O)[C@@]23NC(N)=[NH+][C@@H]13.CC[C@@H]1NC(N)=[N+]2[C@H](CC)[C@H](OC(=O)c3ccccc3)C(O)(O)[C@@]23NC(N)=[NH+][C@@H]13.CC[C@@H]1NC(N)=[N+]2[C@H](CO)[C@H](OC(=O)c3ccc(C)cc3)C(O)(O)[C@@]23NC(N)=[NH+][C@@H]13. The van der Waals surface area contributed by atoms with Crippen LogP contribution in [0.5, 0.6) is 0 Å². The Morgan fingerprint density at radius 1 is 0.331 bits per heavy atom. The number of alkyl halides is 1. The van der Waals surface area contributed by atoms with Gasteiger partial charge in [-0.3, -0.25) is 114 Å². The molecule has 0 saturated carbocycles. The van der Waals surface area contributed by atoms with Crippen molar-refractivity contribution in [2.24, 2.45) is 57.3 Å². The third kappa shape index (κ3) is 16.5. The number of aliphatic hydroxyl groups excluding tert-OH is 2. The number of para-hydroxylation sites is 1. The van der Waals surface area contributed by atoms with E-state index in [0.29, 0.717) is 49.8 Å². The van der Waals surface area contributed by atoms with Crippen LogP contribution in [0.25, 0.3) is 0 Å². The van der Waals surface area contributed by atoms with E-state index in [4.69, 9.17) is 92.6 Å². The van der Waals surface area contributed by atoms with Crippen molar-refractivity contribution < 1.29 is 157 Å². The summed E-state index contributed by atoms with van der Waals surface area (Å²) in [5, 5.41) is 167. The number of guanidine groups is 10. The number of aliphatic hydroxyl groups is 12. The number of nitrogens with zero attached hydrogens (tertiary/aromatic N) is 5. The van der Waals surface area contributed by atoms with Crippen LogP contribution in [0.2, 0.25) is 0 Å². The summed E-state index contributed by atoms with van der Waals surface area (Å²) in [6.45, 7) is 17.8. The van der Waals surface area contributed by atoms with Crippen molar-refractivity contribution >= 4 is 107 Å². The maximum absolute atomic E-state index is 12.8. The Bertz CT molecular complexity index is 5940. The number of esters is 4. The minimum absolute atomic E-state index is 0.0794. The van der Waals surface area contributed by atoms with Crippen molar-refractivity contribution in [2.75, 3.05) is 24.4 Å². The summed E-state index contributed by atoms with van der Waals surface area (Å²) in [7, 11) is 0. The van der Waals surface area contributed by atoms with Gasteiger partial charge in [0.25, 0.3) is 28.9 Å². The Balaban J connectivity index is 0.000000132. The number of rotatable bonds is 19. The maximum Gasteiger partial charge on any atom is 0.412 e. The third-order valence-corrected chi connectivity index (χ3v) is 31.2. The van der Waals surface area contributed by atoms with Gasteiger partial charge < -0.3 is 85.0 Å². The number of hydrogen-bond donors (Lipinski definition) is 38. The monoisotopic (exact) mass is 2090 g/mol. The van der Waals surface area contributed by atoms with E-state index in [1.54, 1.807) is 143 Å². The normalized spacial score (nSPS) is 34.1. The molecule has 5 aromatic rings. The van der Waals surface area contributed by atoms with Crippen LogP contribution >= 0.6 is 11.6 Å². The number of ether oxygens (including phenoxy) is 5. The number of hydrogen-bond acceptors (Lipinski definition) is 42. The Morgan fingerprint density at radius 3 is 0.838 bits per heavy atom. The average Bonchev–Trinajstić information content (AvgIpc) is 1.13. The van der Waals surface area contributed by atoms with Crippen molar-refractivity contribution in [3.05, 3.63) is 172 Å². The lowest BCUT2D eigenvalue weighted by molar-refractivity contribution is -0.693. The molecule has 5 saturated heterocycles.